The van der Waals surface area contributed by atoms with Crippen LogP contribution in [0.25, 0.3) is 0 Å². The highest BCUT2D eigenvalue weighted by Crippen LogP contribution is 2.36. The monoisotopic (exact) mass is 507 g/mol. The minimum atomic E-state index is -0.695. The highest BCUT2D eigenvalue weighted by atomic mass is 19.1. The van der Waals surface area contributed by atoms with Gasteiger partial charge in [0, 0.05) is 24.3 Å². The molecule has 7 nitrogen and oxygen atoms in total. The summed E-state index contributed by atoms with van der Waals surface area (Å²) in [6.45, 7) is 4.42. The maximum atomic E-state index is 14.0. The van der Waals surface area contributed by atoms with Gasteiger partial charge in [0.05, 0.1) is 17.8 Å². The molecular formula is C29H38FN5O2. The smallest absolute Gasteiger partial charge is 0.237 e. The fraction of sp³-hybridized carbons (Fsp3) is 0.517. The first kappa shape index (κ1) is 26.9. The average Bonchev–Trinajstić information content (AvgIpc) is 3.34. The number of anilines is 2. The van der Waals surface area contributed by atoms with Crippen molar-refractivity contribution in [3.8, 4) is 0 Å². The van der Waals surface area contributed by atoms with E-state index in [1.165, 1.54) is 12.1 Å². The number of likely N-dealkylation sites (N-methyl/N-ethyl adjacent to an activating group) is 1. The molecule has 3 unspecified atom stereocenters. The summed E-state index contributed by atoms with van der Waals surface area (Å²) >= 11 is 0. The third-order valence-corrected chi connectivity index (χ3v) is 7.94. The molecule has 37 heavy (non-hydrogen) atoms. The second kappa shape index (κ2) is 11.9. The topological polar surface area (TPSA) is 98.2 Å². The lowest BCUT2D eigenvalue weighted by Crippen LogP contribution is -2.53. The van der Waals surface area contributed by atoms with Gasteiger partial charge in [-0.05, 0) is 81.0 Å². The number of benzene rings is 1. The number of carbonyl (C=O) groups excluding carboxylic acids is 2. The van der Waals surface area contributed by atoms with Crippen molar-refractivity contribution in [2.45, 2.75) is 76.8 Å². The van der Waals surface area contributed by atoms with Gasteiger partial charge in [0.15, 0.2) is 5.78 Å². The van der Waals surface area contributed by atoms with Crippen molar-refractivity contribution in [2.75, 3.05) is 18.5 Å². The molecule has 4 rings (SSSR count). The predicted molar refractivity (Wildman–Crippen MR) is 144 cm³/mol. The van der Waals surface area contributed by atoms with Crippen LogP contribution in [-0.2, 0) is 16.0 Å². The number of nitrogens with one attached hydrogen (secondary N) is 3. The van der Waals surface area contributed by atoms with Crippen LogP contribution in [0.5, 0.6) is 0 Å². The molecule has 1 fully saturated rings. The van der Waals surface area contributed by atoms with Crippen LogP contribution in [0.15, 0.2) is 36.5 Å². The van der Waals surface area contributed by atoms with Gasteiger partial charge in [0.2, 0.25) is 5.91 Å². The van der Waals surface area contributed by atoms with E-state index < -0.39 is 18.0 Å². The van der Waals surface area contributed by atoms with Gasteiger partial charge in [-0.2, -0.15) is 0 Å². The first-order chi connectivity index (χ1) is 17.8. The number of aromatic nitrogens is 1. The standard InChI is InChI=1S/C29H38FN5O2/c1-4-23(21-12-14-33-25(16-21)35-15-13-19-10-11-22(30)17-24(19)35)26(31)28(36)27(20-8-6-5-7-9-20)34-29(37)18(2)32-3/h10-12,14,16-18,20,23,27,31-32H,4-9,13,15H2,1-3H3,(H,34,37). The number of rotatable bonds is 10. The number of Topliss-reactive ketones (excluding diaryl/α,β-unsaturated/α-hetero) is 1. The predicted octanol–water partition coefficient (Wildman–Crippen LogP) is 4.67. The fourth-order valence-corrected chi connectivity index (χ4v) is 5.61. The van der Waals surface area contributed by atoms with Crippen LogP contribution >= 0.6 is 0 Å². The Kier molecular flexibility index (Phi) is 8.69. The summed E-state index contributed by atoms with van der Waals surface area (Å²) in [5.41, 5.74) is 2.72. The van der Waals surface area contributed by atoms with Crippen molar-refractivity contribution in [1.29, 1.82) is 5.41 Å². The maximum absolute atomic E-state index is 14.0. The van der Waals surface area contributed by atoms with E-state index in [1.54, 1.807) is 20.2 Å². The first-order valence-electron chi connectivity index (χ1n) is 13.5. The normalized spacial score (nSPS) is 18.1. The average molecular weight is 508 g/mol. The summed E-state index contributed by atoms with van der Waals surface area (Å²) in [6, 6.07) is 7.46. The Hall–Kier alpha value is -3.13. The minimum absolute atomic E-state index is 0.0144. The summed E-state index contributed by atoms with van der Waals surface area (Å²) in [6.07, 6.45) is 8.01. The Labute approximate surface area is 218 Å². The number of nitrogens with zero attached hydrogens (tertiary/aromatic N) is 2. The van der Waals surface area contributed by atoms with Gasteiger partial charge in [0.1, 0.15) is 11.6 Å². The summed E-state index contributed by atoms with van der Waals surface area (Å²) in [5.74, 6) is -0.519. The number of pyridine rings is 1. The summed E-state index contributed by atoms with van der Waals surface area (Å²) in [7, 11) is 1.71. The third-order valence-electron chi connectivity index (χ3n) is 7.94. The first-order valence-corrected chi connectivity index (χ1v) is 13.5. The van der Waals surface area contributed by atoms with Crippen molar-refractivity contribution in [3.05, 3.63) is 53.5 Å². The number of amides is 1. The molecule has 1 aromatic heterocycles. The Morgan fingerprint density at radius 1 is 1.19 bits per heavy atom. The Morgan fingerprint density at radius 2 is 1.95 bits per heavy atom. The zero-order valence-corrected chi connectivity index (χ0v) is 22.0. The Balaban J connectivity index is 1.58. The summed E-state index contributed by atoms with van der Waals surface area (Å²) < 4.78 is 14.0. The van der Waals surface area contributed by atoms with Crippen molar-refractivity contribution in [3.63, 3.8) is 0 Å². The third kappa shape index (κ3) is 5.90. The quantitative estimate of drug-likeness (QED) is 0.406. The maximum Gasteiger partial charge on any atom is 0.237 e. The van der Waals surface area contributed by atoms with Crippen molar-refractivity contribution in [1.82, 2.24) is 15.6 Å². The van der Waals surface area contributed by atoms with Gasteiger partial charge in [-0.25, -0.2) is 9.37 Å². The number of hydrogen-bond acceptors (Lipinski definition) is 6. The number of halogens is 1. The second-order valence-corrected chi connectivity index (χ2v) is 10.3. The van der Waals surface area contributed by atoms with Crippen LogP contribution in [-0.4, -0.2) is 48.1 Å². The Bertz CT molecular complexity index is 1150. The van der Waals surface area contributed by atoms with Gasteiger partial charge in [-0.15, -0.1) is 0 Å². The van der Waals surface area contributed by atoms with E-state index in [2.05, 4.69) is 15.6 Å². The van der Waals surface area contributed by atoms with Gasteiger partial charge in [-0.3, -0.25) is 9.59 Å². The molecular weight excluding hydrogens is 469 g/mol. The van der Waals surface area contributed by atoms with Crippen LogP contribution in [0, 0.1) is 17.1 Å². The van der Waals surface area contributed by atoms with Gasteiger partial charge >= 0.3 is 0 Å². The van der Waals surface area contributed by atoms with Crippen molar-refractivity contribution >= 4 is 28.9 Å². The molecule has 0 spiro atoms. The molecule has 0 bridgehead atoms. The molecule has 1 saturated carbocycles. The van der Waals surface area contributed by atoms with E-state index in [4.69, 9.17) is 5.41 Å². The molecule has 0 radical (unpaired) electrons. The highest BCUT2D eigenvalue weighted by molar-refractivity contribution is 6.42. The van der Waals surface area contributed by atoms with E-state index >= 15 is 0 Å². The van der Waals surface area contributed by atoms with Crippen molar-refractivity contribution in [2.24, 2.45) is 5.92 Å². The largest absolute Gasteiger partial charge is 0.344 e. The van der Waals surface area contributed by atoms with Crippen molar-refractivity contribution < 1.29 is 14.0 Å². The number of hydrogen-bond donors (Lipinski definition) is 3. The number of carbonyl (C=O) groups is 2. The van der Waals surface area contributed by atoms with E-state index in [0.29, 0.717) is 18.8 Å². The van der Waals surface area contributed by atoms with E-state index in [1.807, 2.05) is 30.0 Å². The molecule has 1 aromatic carbocycles. The van der Waals surface area contributed by atoms with Crippen LogP contribution in [0.3, 0.4) is 0 Å². The molecule has 2 aromatic rings. The Morgan fingerprint density at radius 3 is 2.65 bits per heavy atom. The molecule has 3 atom stereocenters. The van der Waals surface area contributed by atoms with Crippen LogP contribution in [0.1, 0.15) is 69.4 Å². The molecule has 1 amide bonds. The molecule has 1 aliphatic carbocycles. The number of fused-ring (bicyclic) bond motifs is 1. The van der Waals surface area contributed by atoms with Gasteiger partial charge < -0.3 is 20.9 Å². The molecule has 1 aliphatic heterocycles. The molecule has 198 valence electrons. The SMILES string of the molecule is CCC(C(=N)C(=O)C(NC(=O)C(C)NC)C1CCCCC1)c1ccnc(N2CCc3ccc(F)cc32)c1. The van der Waals surface area contributed by atoms with Crippen LogP contribution < -0.4 is 15.5 Å². The molecule has 3 N–H and O–H groups in total. The highest BCUT2D eigenvalue weighted by Gasteiger charge is 2.36. The summed E-state index contributed by atoms with van der Waals surface area (Å²) in [4.78, 5) is 33.0. The zero-order chi connectivity index (χ0) is 26.5. The van der Waals surface area contributed by atoms with E-state index in [9.17, 15) is 14.0 Å². The molecule has 0 saturated heterocycles. The molecule has 2 aliphatic rings. The second-order valence-electron chi connectivity index (χ2n) is 10.3. The van der Waals surface area contributed by atoms with Crippen LogP contribution in [0.4, 0.5) is 15.9 Å². The summed E-state index contributed by atoms with van der Waals surface area (Å²) in [5, 5.41) is 14.9. The number of ketones is 1. The van der Waals surface area contributed by atoms with Crippen LogP contribution in [0.2, 0.25) is 0 Å². The van der Waals surface area contributed by atoms with E-state index in [-0.39, 0.29) is 29.1 Å². The molecule has 2 heterocycles. The minimum Gasteiger partial charge on any atom is -0.344 e. The van der Waals surface area contributed by atoms with E-state index in [0.717, 1.165) is 55.3 Å². The lowest BCUT2D eigenvalue weighted by molar-refractivity contribution is -0.127. The van der Waals surface area contributed by atoms with Gasteiger partial charge in [-0.1, -0.05) is 32.3 Å². The molecule has 8 heteroatoms. The zero-order valence-electron chi connectivity index (χ0n) is 22.0. The fourth-order valence-electron chi connectivity index (χ4n) is 5.61. The lowest BCUT2D eigenvalue weighted by atomic mass is 9.78. The lowest BCUT2D eigenvalue weighted by Gasteiger charge is -2.32. The van der Waals surface area contributed by atoms with Gasteiger partial charge in [0.25, 0.3) is 0 Å².